The molecule has 0 amide bonds. The average molecular weight is 416 g/mol. The number of anilines is 3. The molecule has 1 aromatic carbocycles. The number of hydrogen-bond acceptors (Lipinski definition) is 6. The third-order valence-electron chi connectivity index (χ3n) is 5.45. The second-order valence-corrected chi connectivity index (χ2v) is 8.46. The van der Waals surface area contributed by atoms with E-state index in [1.54, 1.807) is 6.20 Å². The Bertz CT molecular complexity index is 1030. The van der Waals surface area contributed by atoms with E-state index in [4.69, 9.17) is 0 Å². The molecular formula is C21H26F2N6O. The number of halogens is 2. The predicted molar refractivity (Wildman–Crippen MR) is 112 cm³/mol. The van der Waals surface area contributed by atoms with Crippen molar-refractivity contribution in [2.75, 3.05) is 10.6 Å². The van der Waals surface area contributed by atoms with Gasteiger partial charge in [0.1, 0.15) is 22.8 Å². The summed E-state index contributed by atoms with van der Waals surface area (Å²) in [6.07, 6.45) is 4.24. The van der Waals surface area contributed by atoms with Gasteiger partial charge in [0.25, 0.3) is 0 Å². The first kappa shape index (κ1) is 20.5. The molecule has 0 aliphatic heterocycles. The van der Waals surface area contributed by atoms with E-state index in [9.17, 15) is 13.9 Å². The lowest BCUT2D eigenvalue weighted by Crippen LogP contribution is -2.31. The van der Waals surface area contributed by atoms with Crippen LogP contribution >= 0.6 is 0 Å². The van der Waals surface area contributed by atoms with Crippen molar-refractivity contribution >= 4 is 28.7 Å². The van der Waals surface area contributed by atoms with Crippen LogP contribution in [-0.4, -0.2) is 36.3 Å². The maximum atomic E-state index is 14.3. The van der Waals surface area contributed by atoms with Gasteiger partial charge in [-0.1, -0.05) is 6.07 Å². The number of para-hydroxylation sites is 1. The number of hydrogen-bond donors (Lipinski definition) is 3. The van der Waals surface area contributed by atoms with E-state index in [-0.39, 0.29) is 17.8 Å². The molecule has 0 saturated heterocycles. The van der Waals surface area contributed by atoms with Crippen molar-refractivity contribution in [3.05, 3.63) is 36.0 Å². The molecule has 160 valence electrons. The Hall–Kier alpha value is -2.81. The van der Waals surface area contributed by atoms with Crippen LogP contribution < -0.4 is 10.6 Å². The molecule has 3 aromatic rings. The Morgan fingerprint density at radius 3 is 2.47 bits per heavy atom. The summed E-state index contributed by atoms with van der Waals surface area (Å²) >= 11 is 0. The van der Waals surface area contributed by atoms with Gasteiger partial charge in [-0.15, -0.1) is 0 Å². The van der Waals surface area contributed by atoms with Crippen LogP contribution in [0.15, 0.2) is 24.4 Å². The first-order chi connectivity index (χ1) is 14.2. The van der Waals surface area contributed by atoms with E-state index in [0.29, 0.717) is 48.7 Å². The molecule has 1 aliphatic rings. The van der Waals surface area contributed by atoms with Gasteiger partial charge in [0.15, 0.2) is 5.65 Å². The van der Waals surface area contributed by atoms with Gasteiger partial charge >= 0.3 is 0 Å². The summed E-state index contributed by atoms with van der Waals surface area (Å²) in [5.41, 5.74) is 0.141. The molecule has 0 unspecified atom stereocenters. The Balaban J connectivity index is 1.80. The lowest BCUT2D eigenvalue weighted by atomic mass is 9.83. The van der Waals surface area contributed by atoms with E-state index in [1.807, 2.05) is 25.3 Å². The number of benzene rings is 1. The highest BCUT2D eigenvalue weighted by Crippen LogP contribution is 2.38. The van der Waals surface area contributed by atoms with Gasteiger partial charge in [0.05, 0.1) is 11.8 Å². The van der Waals surface area contributed by atoms with E-state index >= 15 is 0 Å². The van der Waals surface area contributed by atoms with Crippen LogP contribution in [0.1, 0.15) is 52.5 Å². The van der Waals surface area contributed by atoms with Crippen molar-refractivity contribution in [2.24, 2.45) is 0 Å². The number of nitrogens with zero attached hydrogens (tertiary/aromatic N) is 4. The fourth-order valence-electron chi connectivity index (χ4n) is 3.86. The fourth-order valence-corrected chi connectivity index (χ4v) is 3.86. The largest absolute Gasteiger partial charge is 0.390 e. The monoisotopic (exact) mass is 416 g/mol. The molecule has 9 heteroatoms. The number of rotatable bonds is 5. The number of aliphatic hydroxyl groups is 1. The zero-order valence-electron chi connectivity index (χ0n) is 17.3. The second kappa shape index (κ2) is 7.79. The van der Waals surface area contributed by atoms with Crippen LogP contribution in [0.5, 0.6) is 0 Å². The average Bonchev–Trinajstić information content (AvgIpc) is 3.02. The summed E-state index contributed by atoms with van der Waals surface area (Å²) in [5.74, 6) is -0.636. The van der Waals surface area contributed by atoms with Gasteiger partial charge in [-0.25, -0.2) is 18.7 Å². The van der Waals surface area contributed by atoms with Gasteiger partial charge < -0.3 is 15.7 Å². The predicted octanol–water partition coefficient (Wildman–Crippen LogP) is 4.53. The molecular weight excluding hydrogens is 390 g/mol. The minimum Gasteiger partial charge on any atom is -0.390 e. The Morgan fingerprint density at radius 2 is 1.83 bits per heavy atom. The molecule has 0 bridgehead atoms. The summed E-state index contributed by atoms with van der Waals surface area (Å²) < 4.78 is 30.4. The highest BCUT2D eigenvalue weighted by Gasteiger charge is 2.32. The first-order valence-electron chi connectivity index (χ1n) is 10.2. The van der Waals surface area contributed by atoms with Gasteiger partial charge in [-0.2, -0.15) is 4.98 Å². The third-order valence-corrected chi connectivity index (χ3v) is 5.45. The Labute approximate surface area is 173 Å². The lowest BCUT2D eigenvalue weighted by molar-refractivity contribution is 0.0105. The van der Waals surface area contributed by atoms with Crippen molar-refractivity contribution in [1.29, 1.82) is 0 Å². The SMILES string of the molecule is CC(C)Nc1ncc2nc(Nc3c(F)cccc3F)n(C3CCC(C)(O)CC3)c2n1. The first-order valence-corrected chi connectivity index (χ1v) is 10.2. The molecule has 0 spiro atoms. The van der Waals surface area contributed by atoms with Crippen molar-refractivity contribution < 1.29 is 13.9 Å². The Morgan fingerprint density at radius 1 is 1.17 bits per heavy atom. The lowest BCUT2D eigenvalue weighted by Gasteiger charge is -2.34. The number of imidazole rings is 1. The normalized spacial score (nSPS) is 21.9. The molecule has 4 rings (SSSR count). The van der Waals surface area contributed by atoms with E-state index in [0.717, 1.165) is 0 Å². The molecule has 1 aliphatic carbocycles. The van der Waals surface area contributed by atoms with Crippen LogP contribution in [0.3, 0.4) is 0 Å². The van der Waals surface area contributed by atoms with Gasteiger partial charge in [0.2, 0.25) is 11.9 Å². The molecule has 1 fully saturated rings. The van der Waals surface area contributed by atoms with Crippen molar-refractivity contribution in [3.63, 3.8) is 0 Å². The quantitative estimate of drug-likeness (QED) is 0.566. The summed E-state index contributed by atoms with van der Waals surface area (Å²) in [4.78, 5) is 13.4. The van der Waals surface area contributed by atoms with Gasteiger partial charge in [-0.3, -0.25) is 4.57 Å². The van der Waals surface area contributed by atoms with Crippen LogP contribution in [-0.2, 0) is 0 Å². The summed E-state index contributed by atoms with van der Waals surface area (Å²) in [6.45, 7) is 5.81. The van der Waals surface area contributed by atoms with Crippen molar-refractivity contribution in [1.82, 2.24) is 19.5 Å². The Kier molecular flexibility index (Phi) is 5.31. The minimum atomic E-state index is -0.711. The van der Waals surface area contributed by atoms with E-state index < -0.39 is 17.2 Å². The molecule has 7 nitrogen and oxygen atoms in total. The summed E-state index contributed by atoms with van der Waals surface area (Å²) in [6, 6.07) is 3.83. The van der Waals surface area contributed by atoms with Gasteiger partial charge in [-0.05, 0) is 58.6 Å². The van der Waals surface area contributed by atoms with Crippen LogP contribution in [0, 0.1) is 11.6 Å². The zero-order chi connectivity index (χ0) is 21.5. The highest BCUT2D eigenvalue weighted by atomic mass is 19.1. The summed E-state index contributed by atoms with van der Waals surface area (Å²) in [5, 5.41) is 16.3. The van der Waals surface area contributed by atoms with Crippen LogP contribution in [0.4, 0.5) is 26.4 Å². The molecule has 1 saturated carbocycles. The van der Waals surface area contributed by atoms with Crippen LogP contribution in [0.25, 0.3) is 11.2 Å². The van der Waals surface area contributed by atoms with Crippen molar-refractivity contribution in [3.8, 4) is 0 Å². The summed E-state index contributed by atoms with van der Waals surface area (Å²) in [7, 11) is 0. The van der Waals surface area contributed by atoms with Gasteiger partial charge in [0, 0.05) is 12.1 Å². The van der Waals surface area contributed by atoms with E-state index in [2.05, 4.69) is 25.6 Å². The number of fused-ring (bicyclic) bond motifs is 1. The number of nitrogens with one attached hydrogen (secondary N) is 2. The third kappa shape index (κ3) is 4.07. The smallest absolute Gasteiger partial charge is 0.224 e. The molecule has 0 atom stereocenters. The molecule has 3 N–H and O–H groups in total. The highest BCUT2D eigenvalue weighted by molar-refractivity contribution is 5.76. The fraction of sp³-hybridized carbons (Fsp3) is 0.476. The zero-order valence-corrected chi connectivity index (χ0v) is 17.3. The van der Waals surface area contributed by atoms with Crippen LogP contribution in [0.2, 0.25) is 0 Å². The minimum absolute atomic E-state index is 0.0191. The second-order valence-electron chi connectivity index (χ2n) is 8.46. The topological polar surface area (TPSA) is 87.9 Å². The standard InChI is InChI=1S/C21H26F2N6O/c1-12(2)25-19-24-11-16-18(28-19)29(13-7-9-21(3,30)10-8-13)20(26-16)27-17-14(22)5-4-6-15(17)23/h4-6,11-13,30H,7-10H2,1-3H3,(H,26,27)(H,24,25,28). The maximum Gasteiger partial charge on any atom is 0.224 e. The molecule has 30 heavy (non-hydrogen) atoms. The molecule has 2 aromatic heterocycles. The number of aromatic nitrogens is 4. The maximum absolute atomic E-state index is 14.3. The molecule has 2 heterocycles. The molecule has 0 radical (unpaired) electrons. The van der Waals surface area contributed by atoms with E-state index in [1.165, 1.54) is 18.2 Å². The van der Waals surface area contributed by atoms with Crippen molar-refractivity contribution in [2.45, 2.75) is 64.1 Å².